The van der Waals surface area contributed by atoms with E-state index in [2.05, 4.69) is 0 Å². The number of nitrogens with zero attached hydrogens (tertiary/aromatic N) is 1. The van der Waals surface area contributed by atoms with Crippen molar-refractivity contribution < 1.29 is 14.3 Å². The second kappa shape index (κ2) is 7.14. The predicted molar refractivity (Wildman–Crippen MR) is 76.8 cm³/mol. The van der Waals surface area contributed by atoms with Gasteiger partial charge in [0, 0.05) is 19.5 Å². The molecule has 0 spiro atoms. The van der Waals surface area contributed by atoms with Crippen LogP contribution in [0.25, 0.3) is 0 Å². The number of benzene rings is 1. The summed E-state index contributed by atoms with van der Waals surface area (Å²) in [7, 11) is 1.62. The molecule has 1 aromatic carbocycles. The van der Waals surface area contributed by atoms with Gasteiger partial charge in [-0.2, -0.15) is 0 Å². The molecule has 1 heterocycles. The van der Waals surface area contributed by atoms with Crippen molar-refractivity contribution in [1.82, 2.24) is 4.90 Å². The third kappa shape index (κ3) is 3.63. The van der Waals surface area contributed by atoms with Crippen LogP contribution in [-0.4, -0.2) is 44.2 Å². The highest BCUT2D eigenvalue weighted by atomic mass is 16.5. The van der Waals surface area contributed by atoms with Crippen molar-refractivity contribution in [2.45, 2.75) is 12.8 Å². The van der Waals surface area contributed by atoms with Crippen LogP contribution in [-0.2, 0) is 4.79 Å². The van der Waals surface area contributed by atoms with Crippen LogP contribution in [0.15, 0.2) is 24.3 Å². The Balaban J connectivity index is 1.73. The molecule has 1 aromatic rings. The van der Waals surface area contributed by atoms with E-state index in [1.807, 2.05) is 29.2 Å². The van der Waals surface area contributed by atoms with E-state index in [0.29, 0.717) is 25.5 Å². The number of likely N-dealkylation sites (tertiary alicyclic amines) is 1. The molecule has 5 nitrogen and oxygen atoms in total. The molecule has 0 saturated carbocycles. The van der Waals surface area contributed by atoms with Crippen LogP contribution >= 0.6 is 0 Å². The van der Waals surface area contributed by atoms with Gasteiger partial charge in [0.1, 0.15) is 0 Å². The first-order chi connectivity index (χ1) is 9.74. The standard InChI is InChI=1S/C15H22N2O3/c1-19-13-5-2-3-6-14(13)20-8-4-7-17-11-12(10-16)9-15(17)18/h2-3,5-6,12H,4,7-11,16H2,1H3. The minimum absolute atomic E-state index is 0.206. The van der Waals surface area contributed by atoms with Crippen molar-refractivity contribution in [3.05, 3.63) is 24.3 Å². The summed E-state index contributed by atoms with van der Waals surface area (Å²) in [4.78, 5) is 13.6. The first kappa shape index (κ1) is 14.7. The Morgan fingerprint density at radius 2 is 2.10 bits per heavy atom. The van der Waals surface area contributed by atoms with Crippen molar-refractivity contribution in [3.63, 3.8) is 0 Å². The number of methoxy groups -OCH3 is 1. The van der Waals surface area contributed by atoms with Crippen molar-refractivity contribution >= 4 is 5.91 Å². The lowest BCUT2D eigenvalue weighted by Crippen LogP contribution is -2.28. The minimum atomic E-state index is 0.206. The number of para-hydroxylation sites is 2. The Morgan fingerprint density at radius 1 is 1.35 bits per heavy atom. The molecular formula is C15H22N2O3. The van der Waals surface area contributed by atoms with Crippen LogP contribution in [0.5, 0.6) is 11.5 Å². The molecule has 110 valence electrons. The van der Waals surface area contributed by atoms with E-state index in [0.717, 1.165) is 31.0 Å². The van der Waals surface area contributed by atoms with Gasteiger partial charge in [-0.1, -0.05) is 12.1 Å². The first-order valence-corrected chi connectivity index (χ1v) is 6.98. The van der Waals surface area contributed by atoms with E-state index in [9.17, 15) is 4.79 Å². The van der Waals surface area contributed by atoms with Crippen LogP contribution in [0, 0.1) is 5.92 Å². The smallest absolute Gasteiger partial charge is 0.222 e. The zero-order chi connectivity index (χ0) is 14.4. The fraction of sp³-hybridized carbons (Fsp3) is 0.533. The molecule has 0 bridgehead atoms. The van der Waals surface area contributed by atoms with Crippen molar-refractivity contribution in [2.24, 2.45) is 11.7 Å². The van der Waals surface area contributed by atoms with Gasteiger partial charge < -0.3 is 20.1 Å². The first-order valence-electron chi connectivity index (χ1n) is 6.98. The topological polar surface area (TPSA) is 64.8 Å². The summed E-state index contributed by atoms with van der Waals surface area (Å²) in [5.41, 5.74) is 5.60. The van der Waals surface area contributed by atoms with Crippen molar-refractivity contribution in [2.75, 3.05) is 33.4 Å². The van der Waals surface area contributed by atoms with Crippen LogP contribution in [0.3, 0.4) is 0 Å². The molecular weight excluding hydrogens is 256 g/mol. The molecule has 1 unspecified atom stereocenters. The van der Waals surface area contributed by atoms with E-state index >= 15 is 0 Å². The summed E-state index contributed by atoms with van der Waals surface area (Å²) in [5.74, 6) is 1.99. The number of carbonyl (C=O) groups excluding carboxylic acids is 1. The number of nitrogens with two attached hydrogens (primary N) is 1. The van der Waals surface area contributed by atoms with Gasteiger partial charge in [0.15, 0.2) is 11.5 Å². The summed E-state index contributed by atoms with van der Waals surface area (Å²) in [6.45, 7) is 2.66. The SMILES string of the molecule is COc1ccccc1OCCCN1CC(CN)CC1=O. The average Bonchev–Trinajstić information content (AvgIpc) is 2.84. The lowest BCUT2D eigenvalue weighted by molar-refractivity contribution is -0.127. The largest absolute Gasteiger partial charge is 0.493 e. The van der Waals surface area contributed by atoms with Gasteiger partial charge in [0.2, 0.25) is 5.91 Å². The maximum atomic E-state index is 11.7. The Morgan fingerprint density at radius 3 is 2.75 bits per heavy atom. The van der Waals surface area contributed by atoms with Gasteiger partial charge in [0.05, 0.1) is 13.7 Å². The molecule has 2 rings (SSSR count). The third-order valence-corrected chi connectivity index (χ3v) is 3.53. The molecule has 0 aromatic heterocycles. The van der Waals surface area contributed by atoms with Gasteiger partial charge in [-0.05, 0) is 31.0 Å². The lowest BCUT2D eigenvalue weighted by Gasteiger charge is -2.16. The van der Waals surface area contributed by atoms with E-state index in [-0.39, 0.29) is 5.91 Å². The van der Waals surface area contributed by atoms with Crippen molar-refractivity contribution in [3.8, 4) is 11.5 Å². The number of hydrogen-bond acceptors (Lipinski definition) is 4. The van der Waals surface area contributed by atoms with E-state index in [4.69, 9.17) is 15.2 Å². The normalized spacial score (nSPS) is 18.4. The Kier molecular flexibility index (Phi) is 5.24. The Labute approximate surface area is 119 Å². The zero-order valence-electron chi connectivity index (χ0n) is 11.9. The molecule has 5 heteroatoms. The van der Waals surface area contributed by atoms with Gasteiger partial charge in [-0.3, -0.25) is 4.79 Å². The van der Waals surface area contributed by atoms with Crippen molar-refractivity contribution in [1.29, 1.82) is 0 Å². The Bertz CT molecular complexity index is 450. The predicted octanol–water partition coefficient (Wildman–Crippen LogP) is 1.27. The van der Waals surface area contributed by atoms with E-state index in [1.165, 1.54) is 0 Å². The summed E-state index contributed by atoms with van der Waals surface area (Å²) < 4.78 is 10.9. The summed E-state index contributed by atoms with van der Waals surface area (Å²) in [5, 5.41) is 0. The monoisotopic (exact) mass is 278 g/mol. The van der Waals surface area contributed by atoms with Gasteiger partial charge >= 0.3 is 0 Å². The average molecular weight is 278 g/mol. The molecule has 1 saturated heterocycles. The Hall–Kier alpha value is -1.75. The number of rotatable bonds is 7. The molecule has 0 aliphatic carbocycles. The maximum Gasteiger partial charge on any atom is 0.222 e. The number of amides is 1. The number of ether oxygens (including phenoxy) is 2. The molecule has 1 aliphatic heterocycles. The summed E-state index contributed by atoms with van der Waals surface area (Å²) >= 11 is 0. The molecule has 20 heavy (non-hydrogen) atoms. The van der Waals surface area contributed by atoms with Gasteiger partial charge in [-0.15, -0.1) is 0 Å². The molecule has 2 N–H and O–H groups in total. The highest BCUT2D eigenvalue weighted by Gasteiger charge is 2.27. The third-order valence-electron chi connectivity index (χ3n) is 3.53. The minimum Gasteiger partial charge on any atom is -0.493 e. The van der Waals surface area contributed by atoms with Gasteiger partial charge in [-0.25, -0.2) is 0 Å². The highest BCUT2D eigenvalue weighted by molar-refractivity contribution is 5.78. The van der Waals surface area contributed by atoms with Crippen LogP contribution in [0.1, 0.15) is 12.8 Å². The molecule has 1 atom stereocenters. The second-order valence-corrected chi connectivity index (χ2v) is 5.00. The number of hydrogen-bond donors (Lipinski definition) is 1. The van der Waals surface area contributed by atoms with Crippen LogP contribution < -0.4 is 15.2 Å². The quantitative estimate of drug-likeness (QED) is 0.763. The molecule has 1 fully saturated rings. The summed E-state index contributed by atoms with van der Waals surface area (Å²) in [6, 6.07) is 7.56. The second-order valence-electron chi connectivity index (χ2n) is 5.00. The fourth-order valence-corrected chi connectivity index (χ4v) is 2.40. The zero-order valence-corrected chi connectivity index (χ0v) is 11.9. The van der Waals surface area contributed by atoms with E-state index < -0.39 is 0 Å². The lowest BCUT2D eigenvalue weighted by atomic mass is 10.1. The van der Waals surface area contributed by atoms with Crippen LogP contribution in [0.4, 0.5) is 0 Å². The molecule has 1 aliphatic rings. The summed E-state index contributed by atoms with van der Waals surface area (Å²) in [6.07, 6.45) is 1.39. The highest BCUT2D eigenvalue weighted by Crippen LogP contribution is 2.25. The van der Waals surface area contributed by atoms with Crippen LogP contribution in [0.2, 0.25) is 0 Å². The molecule has 1 amide bonds. The maximum absolute atomic E-state index is 11.7. The molecule has 0 radical (unpaired) electrons. The van der Waals surface area contributed by atoms with E-state index in [1.54, 1.807) is 7.11 Å². The number of carbonyl (C=O) groups is 1. The van der Waals surface area contributed by atoms with Gasteiger partial charge in [0.25, 0.3) is 0 Å². The fourth-order valence-electron chi connectivity index (χ4n) is 2.40.